The highest BCUT2D eigenvalue weighted by Gasteiger charge is 2.50. The van der Waals surface area contributed by atoms with Gasteiger partial charge in [-0.2, -0.15) is 0 Å². The van der Waals surface area contributed by atoms with Crippen molar-refractivity contribution in [3.63, 3.8) is 0 Å². The Morgan fingerprint density at radius 2 is 1.76 bits per heavy atom. The standard InChI is InChI=1S/C30H32N4O4/c1-20-10-11-27-25(16-20)26-19-30(2,38-27)34(29(36)31-26)23-8-4-6-21(17-23)28(35)33-14-12-32(13-15-33)22-7-5-9-24(18-22)37-3/h4-11,16-18,26H,12-15,19H2,1-3H3,(H,31,36)/t26-,30-/m1/s1. The SMILES string of the molecule is COc1cccc(N2CCN(C(=O)c3cccc(N4C(=O)N[C@@H]5C[C@@]4(C)Oc4ccc(C)cc45)c3)CC2)c1. The number of urea groups is 1. The van der Waals surface area contributed by atoms with E-state index in [4.69, 9.17) is 9.47 Å². The largest absolute Gasteiger partial charge is 0.497 e. The molecular weight excluding hydrogens is 480 g/mol. The van der Waals surface area contributed by atoms with Crippen LogP contribution in [-0.2, 0) is 0 Å². The van der Waals surface area contributed by atoms with Crippen molar-refractivity contribution >= 4 is 23.3 Å². The quantitative estimate of drug-likeness (QED) is 0.547. The lowest BCUT2D eigenvalue weighted by Crippen LogP contribution is -2.65. The molecule has 38 heavy (non-hydrogen) atoms. The average Bonchev–Trinajstić information content (AvgIpc) is 2.93. The van der Waals surface area contributed by atoms with Gasteiger partial charge in [0.25, 0.3) is 5.91 Å². The molecule has 3 aromatic rings. The van der Waals surface area contributed by atoms with Crippen molar-refractivity contribution in [1.29, 1.82) is 0 Å². The first-order valence-electron chi connectivity index (χ1n) is 13.0. The van der Waals surface area contributed by atoms with Gasteiger partial charge in [0.05, 0.1) is 18.8 Å². The van der Waals surface area contributed by atoms with Gasteiger partial charge >= 0.3 is 6.03 Å². The molecule has 2 fully saturated rings. The van der Waals surface area contributed by atoms with Gasteiger partial charge in [-0.25, -0.2) is 4.79 Å². The zero-order valence-corrected chi connectivity index (χ0v) is 21.9. The molecule has 8 heteroatoms. The lowest BCUT2D eigenvalue weighted by atomic mass is 9.89. The van der Waals surface area contributed by atoms with Gasteiger partial charge in [0.2, 0.25) is 0 Å². The minimum atomic E-state index is -0.862. The maximum Gasteiger partial charge on any atom is 0.325 e. The lowest BCUT2D eigenvalue weighted by molar-refractivity contribution is 0.0377. The number of rotatable bonds is 4. The molecule has 0 radical (unpaired) electrons. The van der Waals surface area contributed by atoms with E-state index < -0.39 is 5.72 Å². The number of nitrogens with one attached hydrogen (secondary N) is 1. The summed E-state index contributed by atoms with van der Waals surface area (Å²) in [5.74, 6) is 1.56. The Bertz CT molecular complexity index is 1400. The lowest BCUT2D eigenvalue weighted by Gasteiger charge is -2.50. The third-order valence-electron chi connectivity index (χ3n) is 7.76. The zero-order valence-electron chi connectivity index (χ0n) is 21.9. The van der Waals surface area contributed by atoms with Gasteiger partial charge in [-0.3, -0.25) is 9.69 Å². The van der Waals surface area contributed by atoms with Crippen molar-refractivity contribution in [3.05, 3.63) is 83.4 Å². The first kappa shape index (κ1) is 24.2. The predicted octanol–water partition coefficient (Wildman–Crippen LogP) is 4.74. The Morgan fingerprint density at radius 1 is 1.00 bits per heavy atom. The molecule has 3 aliphatic heterocycles. The second-order valence-corrected chi connectivity index (χ2v) is 10.4. The maximum atomic E-state index is 13.5. The summed E-state index contributed by atoms with van der Waals surface area (Å²) >= 11 is 0. The number of amides is 3. The molecule has 0 saturated carbocycles. The van der Waals surface area contributed by atoms with E-state index in [-0.39, 0.29) is 18.0 Å². The monoisotopic (exact) mass is 512 g/mol. The molecule has 2 atom stereocenters. The number of fused-ring (bicyclic) bond motifs is 4. The van der Waals surface area contributed by atoms with Crippen LogP contribution < -0.4 is 24.6 Å². The molecule has 2 bridgehead atoms. The van der Waals surface area contributed by atoms with E-state index in [0.29, 0.717) is 30.8 Å². The van der Waals surface area contributed by atoms with Gasteiger partial charge in [-0.1, -0.05) is 29.8 Å². The van der Waals surface area contributed by atoms with E-state index in [1.54, 1.807) is 18.1 Å². The topological polar surface area (TPSA) is 74.4 Å². The highest BCUT2D eigenvalue weighted by Crippen LogP contribution is 2.45. The summed E-state index contributed by atoms with van der Waals surface area (Å²) in [6, 6.07) is 21.0. The third-order valence-corrected chi connectivity index (χ3v) is 7.76. The van der Waals surface area contributed by atoms with Gasteiger partial charge in [0, 0.05) is 55.5 Å². The van der Waals surface area contributed by atoms with Crippen LogP contribution >= 0.6 is 0 Å². The van der Waals surface area contributed by atoms with E-state index in [1.165, 1.54) is 0 Å². The molecule has 3 amide bonds. The summed E-state index contributed by atoms with van der Waals surface area (Å²) in [6.45, 7) is 6.67. The smallest absolute Gasteiger partial charge is 0.325 e. The van der Waals surface area contributed by atoms with E-state index in [1.807, 2.05) is 67.3 Å². The predicted molar refractivity (Wildman–Crippen MR) is 146 cm³/mol. The molecule has 3 aromatic carbocycles. The first-order valence-corrected chi connectivity index (χ1v) is 13.0. The number of nitrogens with zero attached hydrogens (tertiary/aromatic N) is 3. The highest BCUT2D eigenvalue weighted by atomic mass is 16.5. The summed E-state index contributed by atoms with van der Waals surface area (Å²) in [5.41, 5.74) is 3.56. The number of anilines is 2. The van der Waals surface area contributed by atoms with Crippen molar-refractivity contribution in [2.24, 2.45) is 0 Å². The number of methoxy groups -OCH3 is 1. The Labute approximate surface area is 222 Å². The average molecular weight is 513 g/mol. The van der Waals surface area contributed by atoms with Crippen molar-refractivity contribution in [1.82, 2.24) is 10.2 Å². The van der Waals surface area contributed by atoms with Crippen molar-refractivity contribution in [2.75, 3.05) is 43.1 Å². The number of piperazine rings is 1. The summed E-state index contributed by atoms with van der Waals surface area (Å²) < 4.78 is 11.8. The molecule has 3 aliphatic rings. The Morgan fingerprint density at radius 3 is 2.55 bits per heavy atom. The van der Waals surface area contributed by atoms with E-state index in [0.717, 1.165) is 41.4 Å². The minimum Gasteiger partial charge on any atom is -0.497 e. The van der Waals surface area contributed by atoms with Crippen LogP contribution in [0.15, 0.2) is 66.7 Å². The van der Waals surface area contributed by atoms with Crippen LogP contribution in [0.5, 0.6) is 11.5 Å². The molecule has 3 heterocycles. The molecular formula is C30H32N4O4. The Balaban J connectivity index is 1.20. The molecule has 0 spiro atoms. The molecule has 196 valence electrons. The fraction of sp³-hybridized carbons (Fsp3) is 0.333. The van der Waals surface area contributed by atoms with Crippen LogP contribution in [0.1, 0.15) is 40.9 Å². The number of carbonyl (C=O) groups is 2. The second-order valence-electron chi connectivity index (χ2n) is 10.4. The van der Waals surface area contributed by atoms with E-state index in [2.05, 4.69) is 22.3 Å². The van der Waals surface area contributed by atoms with Gasteiger partial charge in [0.1, 0.15) is 11.5 Å². The van der Waals surface area contributed by atoms with Gasteiger partial charge in [0.15, 0.2) is 5.72 Å². The summed E-state index contributed by atoms with van der Waals surface area (Å²) in [7, 11) is 1.66. The molecule has 1 N–H and O–H groups in total. The number of carbonyl (C=O) groups excluding carboxylic acids is 2. The van der Waals surface area contributed by atoms with Crippen LogP contribution in [0.4, 0.5) is 16.2 Å². The van der Waals surface area contributed by atoms with Gasteiger partial charge < -0.3 is 24.6 Å². The fourth-order valence-electron chi connectivity index (χ4n) is 5.82. The van der Waals surface area contributed by atoms with Gasteiger partial charge in [-0.15, -0.1) is 0 Å². The number of benzene rings is 3. The highest BCUT2D eigenvalue weighted by molar-refractivity contribution is 5.99. The Kier molecular flexibility index (Phi) is 5.90. The molecule has 0 aromatic heterocycles. The summed E-state index contributed by atoms with van der Waals surface area (Å²) in [6.07, 6.45) is 0.611. The number of hydrogen-bond donors (Lipinski definition) is 1. The first-order chi connectivity index (χ1) is 18.3. The summed E-state index contributed by atoms with van der Waals surface area (Å²) in [5, 5.41) is 3.14. The number of hydrogen-bond acceptors (Lipinski definition) is 5. The molecule has 0 unspecified atom stereocenters. The summed E-state index contributed by atoms with van der Waals surface area (Å²) in [4.78, 5) is 32.6. The van der Waals surface area contributed by atoms with E-state index in [9.17, 15) is 9.59 Å². The van der Waals surface area contributed by atoms with Crippen LogP contribution in [0.2, 0.25) is 0 Å². The third kappa shape index (κ3) is 4.20. The molecule has 0 aliphatic carbocycles. The molecule has 8 nitrogen and oxygen atoms in total. The molecule has 2 saturated heterocycles. The van der Waals surface area contributed by atoms with Crippen molar-refractivity contribution in [3.8, 4) is 11.5 Å². The van der Waals surface area contributed by atoms with Crippen molar-refractivity contribution in [2.45, 2.75) is 32.0 Å². The van der Waals surface area contributed by atoms with Crippen LogP contribution in [0.25, 0.3) is 0 Å². The van der Waals surface area contributed by atoms with Gasteiger partial charge in [-0.05, 0) is 50.2 Å². The number of aryl methyl sites for hydroxylation is 1. The van der Waals surface area contributed by atoms with E-state index >= 15 is 0 Å². The van der Waals surface area contributed by atoms with Crippen molar-refractivity contribution < 1.29 is 19.1 Å². The van der Waals surface area contributed by atoms with Crippen LogP contribution in [0.3, 0.4) is 0 Å². The van der Waals surface area contributed by atoms with Crippen LogP contribution in [0, 0.1) is 6.92 Å². The normalized spacial score (nSPS) is 22.3. The fourth-order valence-corrected chi connectivity index (χ4v) is 5.82. The number of ether oxygens (including phenoxy) is 2. The minimum absolute atomic E-state index is 0.0389. The maximum absolute atomic E-state index is 13.5. The molecule has 6 rings (SSSR count). The van der Waals surface area contributed by atoms with Crippen LogP contribution in [-0.4, -0.2) is 55.9 Å². The second kappa shape index (κ2) is 9.28. The Hall–Kier alpha value is -4.20. The zero-order chi connectivity index (χ0) is 26.4.